The molecule has 0 atom stereocenters. The molecule has 0 saturated heterocycles. The number of methoxy groups -OCH3 is 1. The highest BCUT2D eigenvalue weighted by Crippen LogP contribution is 2.23. The maximum Gasteiger partial charge on any atom is 0.144 e. The maximum absolute atomic E-state index is 5.37. The number of hydrogen-bond donors (Lipinski definition) is 1. The van der Waals surface area contributed by atoms with Gasteiger partial charge in [0.05, 0.1) is 19.0 Å². The van der Waals surface area contributed by atoms with E-state index in [1.165, 1.54) is 0 Å². The van der Waals surface area contributed by atoms with E-state index in [4.69, 9.17) is 4.74 Å². The summed E-state index contributed by atoms with van der Waals surface area (Å²) in [5.41, 5.74) is 3.03. The quantitative estimate of drug-likeness (QED) is 0.930. The van der Waals surface area contributed by atoms with Gasteiger partial charge in [-0.3, -0.25) is 0 Å². The number of nitrogens with zero attached hydrogens (tertiary/aromatic N) is 3. The van der Waals surface area contributed by atoms with Gasteiger partial charge in [-0.1, -0.05) is 11.3 Å². The summed E-state index contributed by atoms with van der Waals surface area (Å²) in [6.45, 7) is 9.11. The molecular formula is C15H22N4O. The van der Waals surface area contributed by atoms with Gasteiger partial charge in [-0.15, -0.1) is 5.10 Å². The van der Waals surface area contributed by atoms with Gasteiger partial charge in [0.1, 0.15) is 11.4 Å². The molecule has 2 aromatic rings. The lowest BCUT2D eigenvalue weighted by atomic mass is 10.1. The van der Waals surface area contributed by atoms with Crippen molar-refractivity contribution in [1.82, 2.24) is 20.3 Å². The fraction of sp³-hybridized carbons (Fsp3) is 0.467. The summed E-state index contributed by atoms with van der Waals surface area (Å²) in [4.78, 5) is 0. The van der Waals surface area contributed by atoms with Crippen LogP contribution in [0.3, 0.4) is 0 Å². The van der Waals surface area contributed by atoms with Crippen LogP contribution in [0.2, 0.25) is 0 Å². The monoisotopic (exact) mass is 274 g/mol. The molecule has 0 fully saturated rings. The molecule has 0 aliphatic heterocycles. The first kappa shape index (κ1) is 14.5. The number of hydrogen-bond acceptors (Lipinski definition) is 4. The first-order valence-corrected chi connectivity index (χ1v) is 6.70. The summed E-state index contributed by atoms with van der Waals surface area (Å²) < 4.78 is 7.13. The minimum atomic E-state index is 0.0603. The second kappa shape index (κ2) is 5.63. The van der Waals surface area contributed by atoms with Gasteiger partial charge in [0.2, 0.25) is 0 Å². The van der Waals surface area contributed by atoms with Crippen molar-refractivity contribution in [3.63, 3.8) is 0 Å². The summed E-state index contributed by atoms with van der Waals surface area (Å²) in [5.74, 6) is 0.788. The minimum Gasteiger partial charge on any atom is -0.494 e. The van der Waals surface area contributed by atoms with Crippen LogP contribution in [0.4, 0.5) is 0 Å². The van der Waals surface area contributed by atoms with Crippen molar-refractivity contribution in [2.75, 3.05) is 7.11 Å². The van der Waals surface area contributed by atoms with E-state index in [1.807, 2.05) is 31.3 Å². The van der Waals surface area contributed by atoms with Crippen LogP contribution < -0.4 is 10.1 Å². The molecule has 0 bridgehead atoms. The van der Waals surface area contributed by atoms with Crippen LogP contribution in [-0.2, 0) is 6.54 Å². The Bertz CT molecular complexity index is 584. The second-order valence-electron chi connectivity index (χ2n) is 5.93. The maximum atomic E-state index is 5.37. The lowest BCUT2D eigenvalue weighted by Crippen LogP contribution is -2.35. The van der Waals surface area contributed by atoms with E-state index in [-0.39, 0.29) is 5.54 Å². The average Bonchev–Trinajstić information content (AvgIpc) is 2.84. The third-order valence-electron chi connectivity index (χ3n) is 2.92. The van der Waals surface area contributed by atoms with Gasteiger partial charge in [0.15, 0.2) is 0 Å². The van der Waals surface area contributed by atoms with Crippen LogP contribution in [0.5, 0.6) is 5.75 Å². The van der Waals surface area contributed by atoms with Crippen LogP contribution in [0.25, 0.3) is 5.69 Å². The van der Waals surface area contributed by atoms with Gasteiger partial charge in [-0.25, -0.2) is 4.68 Å². The molecule has 5 nitrogen and oxygen atoms in total. The highest BCUT2D eigenvalue weighted by molar-refractivity contribution is 5.48. The Kier molecular flexibility index (Phi) is 4.09. The first-order chi connectivity index (χ1) is 9.39. The van der Waals surface area contributed by atoms with Crippen LogP contribution >= 0.6 is 0 Å². The second-order valence-corrected chi connectivity index (χ2v) is 5.93. The molecule has 1 N–H and O–H groups in total. The molecule has 1 aromatic heterocycles. The van der Waals surface area contributed by atoms with Crippen LogP contribution in [0.15, 0.2) is 24.4 Å². The standard InChI is InChI=1S/C15H22N4O/c1-11-6-7-14(20-5)13(8-11)19-10-12(17-18-19)9-16-15(2,3)4/h6-8,10,16H,9H2,1-5H3. The van der Waals surface area contributed by atoms with E-state index in [1.54, 1.807) is 11.8 Å². The molecule has 20 heavy (non-hydrogen) atoms. The van der Waals surface area contributed by atoms with Gasteiger partial charge < -0.3 is 10.1 Å². The Morgan fingerprint density at radius 1 is 1.30 bits per heavy atom. The highest BCUT2D eigenvalue weighted by atomic mass is 16.5. The minimum absolute atomic E-state index is 0.0603. The van der Waals surface area contributed by atoms with Crippen molar-refractivity contribution < 1.29 is 4.74 Å². The van der Waals surface area contributed by atoms with E-state index in [9.17, 15) is 0 Å². The van der Waals surface area contributed by atoms with E-state index in [2.05, 4.69) is 36.4 Å². The van der Waals surface area contributed by atoms with Crippen molar-refractivity contribution in [3.8, 4) is 11.4 Å². The van der Waals surface area contributed by atoms with Gasteiger partial charge in [0, 0.05) is 12.1 Å². The third kappa shape index (κ3) is 3.57. The zero-order valence-corrected chi connectivity index (χ0v) is 12.8. The number of nitrogens with one attached hydrogen (secondary N) is 1. The Morgan fingerprint density at radius 2 is 2.05 bits per heavy atom. The molecule has 108 valence electrons. The Labute approximate surface area is 120 Å². The van der Waals surface area contributed by atoms with Crippen LogP contribution in [0.1, 0.15) is 32.0 Å². The molecule has 0 spiro atoms. The van der Waals surface area contributed by atoms with Gasteiger partial charge in [0.25, 0.3) is 0 Å². The Morgan fingerprint density at radius 3 is 2.70 bits per heavy atom. The highest BCUT2D eigenvalue weighted by Gasteiger charge is 2.12. The SMILES string of the molecule is COc1ccc(C)cc1-n1cc(CNC(C)(C)C)nn1. The number of aryl methyl sites for hydroxylation is 1. The molecule has 2 rings (SSSR count). The Hall–Kier alpha value is -1.88. The van der Waals surface area contributed by atoms with Crippen molar-refractivity contribution >= 4 is 0 Å². The smallest absolute Gasteiger partial charge is 0.144 e. The third-order valence-corrected chi connectivity index (χ3v) is 2.92. The van der Waals surface area contributed by atoms with Gasteiger partial charge in [-0.05, 0) is 45.4 Å². The van der Waals surface area contributed by atoms with E-state index in [0.29, 0.717) is 6.54 Å². The number of ether oxygens (including phenoxy) is 1. The predicted molar refractivity (Wildman–Crippen MR) is 79.2 cm³/mol. The zero-order valence-electron chi connectivity index (χ0n) is 12.8. The largest absolute Gasteiger partial charge is 0.494 e. The molecule has 0 unspecified atom stereocenters. The van der Waals surface area contributed by atoms with Crippen molar-refractivity contribution in [2.45, 2.75) is 39.8 Å². The molecule has 5 heteroatoms. The summed E-state index contributed by atoms with van der Waals surface area (Å²) in [6, 6.07) is 6.00. The van der Waals surface area contributed by atoms with Gasteiger partial charge in [-0.2, -0.15) is 0 Å². The summed E-state index contributed by atoms with van der Waals surface area (Å²) >= 11 is 0. The number of rotatable bonds is 4. The topological polar surface area (TPSA) is 52.0 Å². The van der Waals surface area contributed by atoms with E-state index in [0.717, 1.165) is 22.7 Å². The average molecular weight is 274 g/mol. The summed E-state index contributed by atoms with van der Waals surface area (Å²) in [7, 11) is 1.66. The molecule has 1 aromatic carbocycles. The van der Waals surface area contributed by atoms with E-state index < -0.39 is 0 Å². The van der Waals surface area contributed by atoms with Crippen LogP contribution in [0, 0.1) is 6.92 Å². The lowest BCUT2D eigenvalue weighted by Gasteiger charge is -2.19. The first-order valence-electron chi connectivity index (χ1n) is 6.70. The number of benzene rings is 1. The molecular weight excluding hydrogens is 252 g/mol. The Balaban J connectivity index is 2.22. The zero-order chi connectivity index (χ0) is 14.8. The normalized spacial score (nSPS) is 11.7. The lowest BCUT2D eigenvalue weighted by molar-refractivity contribution is 0.411. The molecule has 1 heterocycles. The fourth-order valence-electron chi connectivity index (χ4n) is 1.83. The molecule has 0 amide bonds. The van der Waals surface area contributed by atoms with Crippen LogP contribution in [-0.4, -0.2) is 27.6 Å². The van der Waals surface area contributed by atoms with E-state index >= 15 is 0 Å². The number of aromatic nitrogens is 3. The predicted octanol–water partition coefficient (Wildman–Crippen LogP) is 2.47. The molecule has 0 aliphatic carbocycles. The van der Waals surface area contributed by atoms with Crippen molar-refractivity contribution in [2.24, 2.45) is 0 Å². The fourth-order valence-corrected chi connectivity index (χ4v) is 1.83. The molecule has 0 saturated carbocycles. The van der Waals surface area contributed by atoms with Gasteiger partial charge >= 0.3 is 0 Å². The molecule has 0 aliphatic rings. The molecule has 0 radical (unpaired) electrons. The summed E-state index contributed by atoms with van der Waals surface area (Å²) in [6.07, 6.45) is 1.93. The van der Waals surface area contributed by atoms with Crippen molar-refractivity contribution in [3.05, 3.63) is 35.7 Å². The summed E-state index contributed by atoms with van der Waals surface area (Å²) in [5, 5.41) is 11.8. The van der Waals surface area contributed by atoms with Crippen molar-refractivity contribution in [1.29, 1.82) is 0 Å².